The van der Waals surface area contributed by atoms with Gasteiger partial charge >= 0.3 is 6.18 Å². The van der Waals surface area contributed by atoms with Crippen LogP contribution in [0, 0.1) is 6.92 Å². The summed E-state index contributed by atoms with van der Waals surface area (Å²) >= 11 is 1.47. The standard InChI is InChI=1S/C16H15F3N4OS/c1-4-25-12-6-11(24)8(2)21-14(12)15-22-9-5-13(16(17,18)19)20-7-10(9)23(15)3/h5-7,24H,4H2,1-3H3. The zero-order valence-corrected chi connectivity index (χ0v) is 14.5. The predicted molar refractivity (Wildman–Crippen MR) is 89.5 cm³/mol. The molecule has 0 aliphatic rings. The number of rotatable bonds is 3. The maximum Gasteiger partial charge on any atom is 0.433 e. The van der Waals surface area contributed by atoms with Crippen molar-refractivity contribution < 1.29 is 18.3 Å². The molecule has 0 saturated carbocycles. The first-order valence-corrected chi connectivity index (χ1v) is 8.44. The molecule has 0 saturated heterocycles. The van der Waals surface area contributed by atoms with Gasteiger partial charge in [0.1, 0.15) is 17.1 Å². The number of fused-ring (bicyclic) bond motifs is 1. The fourth-order valence-corrected chi connectivity index (χ4v) is 3.24. The number of halogens is 3. The first-order chi connectivity index (χ1) is 11.7. The highest BCUT2D eigenvalue weighted by Crippen LogP contribution is 2.35. The number of thioether (sulfide) groups is 1. The van der Waals surface area contributed by atoms with Gasteiger partial charge in [-0.2, -0.15) is 13.2 Å². The van der Waals surface area contributed by atoms with Gasteiger partial charge in [0.05, 0.1) is 22.9 Å². The predicted octanol–water partition coefficient (Wildman–Crippen LogP) is 4.18. The highest BCUT2D eigenvalue weighted by atomic mass is 32.2. The number of hydrogen-bond acceptors (Lipinski definition) is 5. The van der Waals surface area contributed by atoms with Gasteiger partial charge in [0, 0.05) is 11.9 Å². The average Bonchev–Trinajstić information content (AvgIpc) is 2.86. The third kappa shape index (κ3) is 3.15. The largest absolute Gasteiger partial charge is 0.506 e. The van der Waals surface area contributed by atoms with Crippen molar-refractivity contribution in [3.05, 3.63) is 29.7 Å². The van der Waals surface area contributed by atoms with Crippen LogP contribution in [0.1, 0.15) is 18.3 Å². The molecule has 9 heteroatoms. The van der Waals surface area contributed by atoms with Crippen molar-refractivity contribution in [2.75, 3.05) is 5.75 Å². The monoisotopic (exact) mass is 368 g/mol. The molecule has 0 aromatic carbocycles. The number of aryl methyl sites for hydroxylation is 2. The van der Waals surface area contributed by atoms with E-state index in [0.29, 0.717) is 27.6 Å². The fraction of sp³-hybridized carbons (Fsp3) is 0.312. The van der Waals surface area contributed by atoms with Crippen LogP contribution in [0.15, 0.2) is 23.2 Å². The van der Waals surface area contributed by atoms with Gasteiger partial charge in [-0.25, -0.2) is 15.0 Å². The lowest BCUT2D eigenvalue weighted by molar-refractivity contribution is -0.141. The minimum absolute atomic E-state index is 0.0690. The first-order valence-electron chi connectivity index (χ1n) is 7.45. The summed E-state index contributed by atoms with van der Waals surface area (Å²) in [4.78, 5) is 12.9. The molecule has 3 rings (SSSR count). The Kier molecular flexibility index (Phi) is 4.36. The van der Waals surface area contributed by atoms with E-state index in [9.17, 15) is 18.3 Å². The van der Waals surface area contributed by atoms with E-state index in [1.165, 1.54) is 11.8 Å². The number of alkyl halides is 3. The molecule has 0 aliphatic heterocycles. The van der Waals surface area contributed by atoms with Crippen LogP contribution < -0.4 is 0 Å². The van der Waals surface area contributed by atoms with E-state index >= 15 is 0 Å². The van der Waals surface area contributed by atoms with E-state index < -0.39 is 11.9 Å². The molecule has 3 aromatic rings. The molecule has 0 spiro atoms. The van der Waals surface area contributed by atoms with Gasteiger partial charge in [-0.15, -0.1) is 11.8 Å². The van der Waals surface area contributed by atoms with Crippen LogP contribution in [-0.2, 0) is 13.2 Å². The molecule has 3 aromatic heterocycles. The van der Waals surface area contributed by atoms with Crippen molar-refractivity contribution in [1.82, 2.24) is 19.5 Å². The molecule has 0 atom stereocenters. The maximum atomic E-state index is 12.9. The van der Waals surface area contributed by atoms with Gasteiger partial charge in [-0.1, -0.05) is 6.92 Å². The molecule has 0 bridgehead atoms. The van der Waals surface area contributed by atoms with Crippen molar-refractivity contribution in [2.24, 2.45) is 7.05 Å². The molecule has 1 N–H and O–H groups in total. The Labute approximate surface area is 145 Å². The Hall–Kier alpha value is -2.29. The molecule has 0 fully saturated rings. The third-order valence-corrected chi connectivity index (χ3v) is 4.63. The summed E-state index contributed by atoms with van der Waals surface area (Å²) in [5.74, 6) is 1.25. The van der Waals surface area contributed by atoms with E-state index in [0.717, 1.165) is 18.0 Å². The van der Waals surface area contributed by atoms with Crippen LogP contribution in [0.2, 0.25) is 0 Å². The number of nitrogens with zero attached hydrogens (tertiary/aromatic N) is 4. The highest BCUT2D eigenvalue weighted by Gasteiger charge is 2.33. The molecule has 3 heterocycles. The lowest BCUT2D eigenvalue weighted by Gasteiger charge is -2.10. The number of aromatic hydroxyl groups is 1. The van der Waals surface area contributed by atoms with Crippen LogP contribution in [0.5, 0.6) is 5.75 Å². The highest BCUT2D eigenvalue weighted by molar-refractivity contribution is 7.99. The van der Waals surface area contributed by atoms with Crippen LogP contribution >= 0.6 is 11.8 Å². The number of imidazole rings is 1. The summed E-state index contributed by atoms with van der Waals surface area (Å²) in [5, 5.41) is 9.90. The van der Waals surface area contributed by atoms with Crippen LogP contribution in [0.25, 0.3) is 22.6 Å². The second-order valence-electron chi connectivity index (χ2n) is 5.42. The third-order valence-electron chi connectivity index (χ3n) is 3.72. The van der Waals surface area contributed by atoms with Gasteiger partial charge in [0.15, 0.2) is 5.82 Å². The Morgan fingerprint density at radius 1 is 1.24 bits per heavy atom. The Bertz CT molecular complexity index is 953. The summed E-state index contributed by atoms with van der Waals surface area (Å²) in [6.07, 6.45) is -3.36. The molecular weight excluding hydrogens is 353 g/mol. The Morgan fingerprint density at radius 2 is 1.96 bits per heavy atom. The maximum absolute atomic E-state index is 12.9. The molecule has 0 amide bonds. The second kappa shape index (κ2) is 6.21. The Morgan fingerprint density at radius 3 is 2.60 bits per heavy atom. The number of aromatic nitrogens is 4. The summed E-state index contributed by atoms with van der Waals surface area (Å²) in [6.45, 7) is 3.62. The van der Waals surface area contributed by atoms with Gasteiger partial charge in [0.2, 0.25) is 0 Å². The van der Waals surface area contributed by atoms with Crippen molar-refractivity contribution in [3.63, 3.8) is 0 Å². The molecule has 0 aliphatic carbocycles. The van der Waals surface area contributed by atoms with E-state index in [4.69, 9.17) is 0 Å². The van der Waals surface area contributed by atoms with E-state index in [2.05, 4.69) is 15.0 Å². The van der Waals surface area contributed by atoms with Crippen LogP contribution in [0.4, 0.5) is 13.2 Å². The first kappa shape index (κ1) is 17.5. The van der Waals surface area contributed by atoms with Crippen LogP contribution in [0.3, 0.4) is 0 Å². The summed E-state index contributed by atoms with van der Waals surface area (Å²) in [7, 11) is 1.70. The molecule has 0 radical (unpaired) electrons. The van der Waals surface area contributed by atoms with Crippen molar-refractivity contribution in [2.45, 2.75) is 24.9 Å². The molecule has 25 heavy (non-hydrogen) atoms. The SMILES string of the molecule is CCSc1cc(O)c(C)nc1-c1nc2cc(C(F)(F)F)ncc2n1C. The van der Waals surface area contributed by atoms with Crippen LogP contribution in [-0.4, -0.2) is 30.4 Å². The average molecular weight is 368 g/mol. The van der Waals surface area contributed by atoms with E-state index in [-0.39, 0.29) is 11.3 Å². The zero-order valence-electron chi connectivity index (χ0n) is 13.7. The smallest absolute Gasteiger partial charge is 0.433 e. The van der Waals surface area contributed by atoms with Gasteiger partial charge < -0.3 is 9.67 Å². The zero-order chi connectivity index (χ0) is 18.4. The normalized spacial score (nSPS) is 12.1. The second-order valence-corrected chi connectivity index (χ2v) is 6.73. The topological polar surface area (TPSA) is 63.8 Å². The quantitative estimate of drug-likeness (QED) is 0.703. The summed E-state index contributed by atoms with van der Waals surface area (Å²) in [5.41, 5.74) is 0.636. The number of pyridine rings is 2. The molecular formula is C16H15F3N4OS. The summed E-state index contributed by atoms with van der Waals surface area (Å²) in [6, 6.07) is 2.53. The molecule has 0 unspecified atom stereocenters. The fourth-order valence-electron chi connectivity index (χ4n) is 2.46. The molecule has 5 nitrogen and oxygen atoms in total. The van der Waals surface area contributed by atoms with Gasteiger partial charge in [0.25, 0.3) is 0 Å². The lowest BCUT2D eigenvalue weighted by Crippen LogP contribution is -2.07. The van der Waals surface area contributed by atoms with E-state index in [1.54, 1.807) is 24.6 Å². The van der Waals surface area contributed by atoms with E-state index in [1.807, 2.05) is 6.92 Å². The Balaban J connectivity index is 2.23. The number of hydrogen-bond donors (Lipinski definition) is 1. The van der Waals surface area contributed by atoms with Crippen molar-refractivity contribution >= 4 is 22.8 Å². The van der Waals surface area contributed by atoms with Gasteiger partial charge in [-0.05, 0) is 24.8 Å². The van der Waals surface area contributed by atoms with Gasteiger partial charge in [-0.3, -0.25) is 0 Å². The summed E-state index contributed by atoms with van der Waals surface area (Å²) < 4.78 is 40.3. The minimum Gasteiger partial charge on any atom is -0.506 e. The minimum atomic E-state index is -4.53. The van der Waals surface area contributed by atoms with Crippen molar-refractivity contribution in [3.8, 4) is 17.3 Å². The lowest BCUT2D eigenvalue weighted by atomic mass is 10.2. The van der Waals surface area contributed by atoms with Crippen molar-refractivity contribution in [1.29, 1.82) is 0 Å². The molecule has 132 valence electrons.